The Morgan fingerprint density at radius 1 is 1.05 bits per heavy atom. The van der Waals surface area contributed by atoms with Crippen LogP contribution in [-0.2, 0) is 16.1 Å². The number of halogens is 1. The predicted molar refractivity (Wildman–Crippen MR) is 159 cm³/mol. The number of ether oxygens (including phenoxy) is 1. The van der Waals surface area contributed by atoms with E-state index in [1.165, 1.54) is 11.3 Å². The van der Waals surface area contributed by atoms with E-state index in [-0.39, 0.29) is 12.2 Å². The van der Waals surface area contributed by atoms with E-state index in [0.717, 1.165) is 27.7 Å². The summed E-state index contributed by atoms with van der Waals surface area (Å²) in [6, 6.07) is 27.0. The minimum absolute atomic E-state index is 0.199. The molecule has 200 valence electrons. The van der Waals surface area contributed by atoms with Crippen molar-refractivity contribution in [3.05, 3.63) is 138 Å². The molecule has 2 aromatic heterocycles. The highest BCUT2D eigenvalue weighted by Gasteiger charge is 2.33. The minimum Gasteiger partial charge on any atom is -0.463 e. The van der Waals surface area contributed by atoms with Crippen molar-refractivity contribution >= 4 is 45.9 Å². The largest absolute Gasteiger partial charge is 0.463 e. The molecular formula is C32H26ClN3O3S. The average molecular weight is 568 g/mol. The van der Waals surface area contributed by atoms with Crippen molar-refractivity contribution in [2.75, 3.05) is 6.61 Å². The molecule has 0 aliphatic carbocycles. The standard InChI is InChI=1S/C32H26ClN3O3S/c1-3-39-31(38)28-20(2)34-32-36(29(28)22-9-5-4-6-10-22)30(37)27(40-32)18-25-17-23-11-7-8-12-26(23)35(25)19-21-13-15-24(33)16-14-21/h4-18,29H,3,19H2,1-2H3/b27-18+. The number of thiazole rings is 1. The van der Waals surface area contributed by atoms with Gasteiger partial charge in [0.05, 0.1) is 28.5 Å². The molecule has 0 radical (unpaired) electrons. The summed E-state index contributed by atoms with van der Waals surface area (Å²) in [6.07, 6.45) is 1.92. The number of carbonyl (C=O) groups excluding carboxylic acids is 1. The Kier molecular flexibility index (Phi) is 7.00. The number of esters is 1. The summed E-state index contributed by atoms with van der Waals surface area (Å²) in [7, 11) is 0. The number of benzene rings is 3. The van der Waals surface area contributed by atoms with Gasteiger partial charge in [-0.05, 0) is 55.3 Å². The summed E-state index contributed by atoms with van der Waals surface area (Å²) in [5.74, 6) is -0.463. The molecule has 1 aliphatic rings. The van der Waals surface area contributed by atoms with Gasteiger partial charge >= 0.3 is 5.97 Å². The van der Waals surface area contributed by atoms with Crippen molar-refractivity contribution in [2.24, 2.45) is 4.99 Å². The zero-order valence-corrected chi connectivity index (χ0v) is 23.6. The zero-order chi connectivity index (χ0) is 27.8. The quantitative estimate of drug-likeness (QED) is 0.256. The van der Waals surface area contributed by atoms with Crippen molar-refractivity contribution in [1.29, 1.82) is 0 Å². The fourth-order valence-electron chi connectivity index (χ4n) is 5.18. The summed E-state index contributed by atoms with van der Waals surface area (Å²) in [6.45, 7) is 4.42. The van der Waals surface area contributed by atoms with Crippen LogP contribution in [0.25, 0.3) is 17.0 Å². The molecule has 6 nitrogen and oxygen atoms in total. The van der Waals surface area contributed by atoms with E-state index in [1.54, 1.807) is 18.4 Å². The summed E-state index contributed by atoms with van der Waals surface area (Å²) in [5, 5.41) is 1.77. The van der Waals surface area contributed by atoms with E-state index in [1.807, 2.05) is 72.8 Å². The van der Waals surface area contributed by atoms with E-state index in [4.69, 9.17) is 21.3 Å². The highest BCUT2D eigenvalue weighted by atomic mass is 35.5. The van der Waals surface area contributed by atoms with Crippen LogP contribution in [0.4, 0.5) is 0 Å². The first-order valence-corrected chi connectivity index (χ1v) is 14.2. The molecule has 3 heterocycles. The number of para-hydroxylation sites is 1. The minimum atomic E-state index is -0.626. The third kappa shape index (κ3) is 4.72. The van der Waals surface area contributed by atoms with Gasteiger partial charge in [0.1, 0.15) is 0 Å². The Balaban J connectivity index is 1.54. The lowest BCUT2D eigenvalue weighted by atomic mass is 9.96. The molecule has 0 N–H and O–H groups in total. The van der Waals surface area contributed by atoms with Gasteiger partial charge in [0.2, 0.25) is 0 Å². The molecule has 1 aliphatic heterocycles. The first-order valence-electron chi connectivity index (χ1n) is 13.0. The Labute approximate surface area is 239 Å². The number of carbonyl (C=O) groups is 1. The molecule has 1 unspecified atom stereocenters. The first-order chi connectivity index (χ1) is 19.4. The summed E-state index contributed by atoms with van der Waals surface area (Å²) >= 11 is 7.44. The van der Waals surface area contributed by atoms with Crippen molar-refractivity contribution < 1.29 is 9.53 Å². The fraction of sp³-hybridized carbons (Fsp3) is 0.156. The van der Waals surface area contributed by atoms with Crippen molar-refractivity contribution in [3.8, 4) is 0 Å². The van der Waals surface area contributed by atoms with Crippen molar-refractivity contribution in [1.82, 2.24) is 9.13 Å². The Hall–Kier alpha value is -4.20. The van der Waals surface area contributed by atoms with Gasteiger partial charge in [-0.2, -0.15) is 0 Å². The van der Waals surface area contributed by atoms with Crippen LogP contribution < -0.4 is 14.9 Å². The van der Waals surface area contributed by atoms with Gasteiger partial charge < -0.3 is 9.30 Å². The van der Waals surface area contributed by atoms with Crippen molar-refractivity contribution in [2.45, 2.75) is 26.4 Å². The van der Waals surface area contributed by atoms with Gasteiger partial charge in [-0.3, -0.25) is 9.36 Å². The van der Waals surface area contributed by atoms with E-state index >= 15 is 0 Å². The fourth-order valence-corrected chi connectivity index (χ4v) is 6.33. The van der Waals surface area contributed by atoms with E-state index in [0.29, 0.717) is 32.2 Å². The number of nitrogens with zero attached hydrogens (tertiary/aromatic N) is 3. The van der Waals surface area contributed by atoms with E-state index in [2.05, 4.69) is 22.8 Å². The lowest BCUT2D eigenvalue weighted by Crippen LogP contribution is -2.40. The second-order valence-corrected chi connectivity index (χ2v) is 11.0. The summed E-state index contributed by atoms with van der Waals surface area (Å²) in [5.41, 5.74) is 4.62. The second-order valence-electron chi connectivity index (χ2n) is 9.55. The summed E-state index contributed by atoms with van der Waals surface area (Å²) < 4.78 is 9.74. The highest BCUT2D eigenvalue weighted by molar-refractivity contribution is 7.07. The normalized spacial score (nSPS) is 15.3. The molecule has 8 heteroatoms. The molecule has 0 bridgehead atoms. The summed E-state index contributed by atoms with van der Waals surface area (Å²) in [4.78, 5) is 32.4. The SMILES string of the molecule is CCOC(=O)C1=C(C)N=c2s/c(=C/c3cc4ccccc4n3Cc3ccc(Cl)cc3)c(=O)n2C1c1ccccc1. The number of hydrogen-bond donors (Lipinski definition) is 0. The van der Waals surface area contributed by atoms with E-state index in [9.17, 15) is 9.59 Å². The maximum Gasteiger partial charge on any atom is 0.338 e. The average Bonchev–Trinajstić information content (AvgIpc) is 3.46. The number of rotatable bonds is 6. The molecule has 40 heavy (non-hydrogen) atoms. The Morgan fingerprint density at radius 2 is 1.77 bits per heavy atom. The van der Waals surface area contributed by atoms with Crippen LogP contribution in [0, 0.1) is 0 Å². The lowest BCUT2D eigenvalue weighted by molar-refractivity contribution is -0.139. The van der Waals surface area contributed by atoms with Crippen LogP contribution in [0.15, 0.2) is 106 Å². The first kappa shape index (κ1) is 26.0. The number of fused-ring (bicyclic) bond motifs is 2. The topological polar surface area (TPSA) is 65.6 Å². The molecular weight excluding hydrogens is 542 g/mol. The van der Waals surface area contributed by atoms with Gasteiger partial charge in [0.25, 0.3) is 5.56 Å². The van der Waals surface area contributed by atoms with Crippen LogP contribution in [0.5, 0.6) is 0 Å². The molecule has 0 spiro atoms. The van der Waals surface area contributed by atoms with Crippen LogP contribution in [0.1, 0.15) is 36.7 Å². The second kappa shape index (κ2) is 10.8. The number of hydrogen-bond acceptors (Lipinski definition) is 5. The Morgan fingerprint density at radius 3 is 2.52 bits per heavy atom. The predicted octanol–water partition coefficient (Wildman–Crippen LogP) is 5.45. The lowest BCUT2D eigenvalue weighted by Gasteiger charge is -2.24. The third-order valence-corrected chi connectivity index (χ3v) is 8.24. The molecule has 1 atom stereocenters. The Bertz CT molecular complexity index is 1950. The van der Waals surface area contributed by atoms with Crippen LogP contribution in [-0.4, -0.2) is 21.7 Å². The van der Waals surface area contributed by atoms with Crippen LogP contribution in [0.3, 0.4) is 0 Å². The van der Waals surface area contributed by atoms with E-state index < -0.39 is 12.0 Å². The molecule has 5 aromatic rings. The van der Waals surface area contributed by atoms with Crippen molar-refractivity contribution in [3.63, 3.8) is 0 Å². The molecule has 6 rings (SSSR count). The molecule has 0 amide bonds. The third-order valence-electron chi connectivity index (χ3n) is 7.01. The molecule has 0 saturated heterocycles. The molecule has 3 aromatic carbocycles. The van der Waals surface area contributed by atoms with Gasteiger partial charge in [0.15, 0.2) is 4.80 Å². The van der Waals surface area contributed by atoms with Gasteiger partial charge in [-0.1, -0.05) is 83.6 Å². The number of allylic oxidation sites excluding steroid dienone is 1. The van der Waals surface area contributed by atoms with Gasteiger partial charge in [0, 0.05) is 28.2 Å². The van der Waals surface area contributed by atoms with Gasteiger partial charge in [-0.25, -0.2) is 9.79 Å². The monoisotopic (exact) mass is 567 g/mol. The molecule has 0 saturated carbocycles. The number of aromatic nitrogens is 2. The highest BCUT2D eigenvalue weighted by Crippen LogP contribution is 2.30. The maximum absolute atomic E-state index is 14.0. The van der Waals surface area contributed by atoms with Crippen LogP contribution >= 0.6 is 22.9 Å². The zero-order valence-electron chi connectivity index (χ0n) is 22.0. The van der Waals surface area contributed by atoms with Gasteiger partial charge in [-0.15, -0.1) is 0 Å². The van der Waals surface area contributed by atoms with Crippen LogP contribution in [0.2, 0.25) is 5.02 Å². The smallest absolute Gasteiger partial charge is 0.338 e. The maximum atomic E-state index is 14.0. The molecule has 0 fully saturated rings.